The van der Waals surface area contributed by atoms with Gasteiger partial charge in [-0.25, -0.2) is 0 Å². The van der Waals surface area contributed by atoms with Gasteiger partial charge in [0, 0.05) is 53.7 Å². The van der Waals surface area contributed by atoms with E-state index in [4.69, 9.17) is 4.74 Å². The van der Waals surface area contributed by atoms with Crippen LogP contribution in [0.4, 0.5) is 0 Å². The first-order valence-corrected chi connectivity index (χ1v) is 12.6. The third-order valence-corrected chi connectivity index (χ3v) is 7.94. The molecule has 2 aliphatic carbocycles. The molecule has 4 N–H and O–H groups in total. The van der Waals surface area contributed by atoms with Crippen molar-refractivity contribution in [1.29, 1.82) is 0 Å². The molecule has 6 rings (SSSR count). The highest BCUT2D eigenvalue weighted by Crippen LogP contribution is 2.46. The zero-order chi connectivity index (χ0) is 26.6. The molecule has 2 aliphatic heterocycles. The van der Waals surface area contributed by atoms with E-state index in [1.165, 1.54) is 13.0 Å². The van der Waals surface area contributed by atoms with Gasteiger partial charge in [0.05, 0.1) is 23.3 Å². The van der Waals surface area contributed by atoms with E-state index in [0.717, 1.165) is 13.1 Å². The van der Waals surface area contributed by atoms with Crippen LogP contribution in [0, 0.1) is 5.92 Å². The monoisotopic (exact) mass is 509 g/mol. The molecule has 2 fully saturated rings. The fourth-order valence-corrected chi connectivity index (χ4v) is 5.72. The highest BCUT2D eigenvalue weighted by atomic mass is 16.6. The molecule has 0 saturated carbocycles. The van der Waals surface area contributed by atoms with Crippen molar-refractivity contribution in [3.8, 4) is 11.5 Å². The van der Waals surface area contributed by atoms with Crippen molar-refractivity contribution in [3.05, 3.63) is 57.6 Å². The van der Waals surface area contributed by atoms with Gasteiger partial charge < -0.3 is 25.2 Å². The van der Waals surface area contributed by atoms with E-state index in [2.05, 4.69) is 4.90 Å². The molecular formula is C28H31NO8. The summed E-state index contributed by atoms with van der Waals surface area (Å²) >= 11 is 0. The third-order valence-electron chi connectivity index (χ3n) is 7.94. The standard InChI is InChI=1S/C20H16O5.C8H15NO3/c1-9(21)10-6-7-13-14(8-10)20(25)16-15(19(13)24)17(22)11-4-2-3-5-12(11)18(16)23;1-5-8(11)6(9-2-3-9)4-7(10)12-5/h2-5,10,24-25H,6-8H2,1H3;5-8,10-11H,2-4H2,1H3. The molecule has 2 heterocycles. The van der Waals surface area contributed by atoms with Crippen LogP contribution in [-0.2, 0) is 22.4 Å². The van der Waals surface area contributed by atoms with Crippen molar-refractivity contribution in [1.82, 2.24) is 4.90 Å². The van der Waals surface area contributed by atoms with Gasteiger partial charge in [-0.1, -0.05) is 24.3 Å². The molecule has 2 aromatic carbocycles. The molecular weight excluding hydrogens is 478 g/mol. The fraction of sp³-hybridized carbons (Fsp3) is 0.464. The van der Waals surface area contributed by atoms with Crippen molar-refractivity contribution < 1.29 is 39.5 Å². The van der Waals surface area contributed by atoms with E-state index in [-0.39, 0.29) is 64.0 Å². The molecule has 5 unspecified atom stereocenters. The largest absolute Gasteiger partial charge is 0.507 e. The Hall–Kier alpha value is -3.11. The van der Waals surface area contributed by atoms with Gasteiger partial charge in [0.25, 0.3) is 0 Å². The molecule has 196 valence electrons. The fourth-order valence-electron chi connectivity index (χ4n) is 5.72. The smallest absolute Gasteiger partial charge is 0.198 e. The summed E-state index contributed by atoms with van der Waals surface area (Å²) < 4.78 is 5.09. The van der Waals surface area contributed by atoms with Crippen LogP contribution in [0.2, 0.25) is 0 Å². The number of carbonyl (C=O) groups excluding carboxylic acids is 3. The number of Topliss-reactive ketones (excluding diaryl/α,β-unsaturated/α-hetero) is 1. The zero-order valence-electron chi connectivity index (χ0n) is 20.8. The SMILES string of the molecule is CC(=O)C1CCc2c(O)c3c(c(O)c2C1)C(=O)c1ccccc1C3=O.CC1OC(O)CC(N2CC2)C1O. The maximum atomic E-state index is 12.8. The summed E-state index contributed by atoms with van der Waals surface area (Å²) in [6.07, 6.45) is 0.331. The summed E-state index contributed by atoms with van der Waals surface area (Å²) in [5.74, 6) is -1.70. The zero-order valence-corrected chi connectivity index (χ0v) is 20.8. The third kappa shape index (κ3) is 4.46. The van der Waals surface area contributed by atoms with Gasteiger partial charge in [0.2, 0.25) is 0 Å². The molecule has 9 nitrogen and oxygen atoms in total. The van der Waals surface area contributed by atoms with Crippen LogP contribution < -0.4 is 0 Å². The predicted octanol–water partition coefficient (Wildman–Crippen LogP) is 1.73. The molecule has 0 spiro atoms. The Morgan fingerprint density at radius 1 is 0.973 bits per heavy atom. The van der Waals surface area contributed by atoms with Gasteiger partial charge in [-0.3, -0.25) is 19.3 Å². The number of fused-ring (bicyclic) bond motifs is 3. The minimum Gasteiger partial charge on any atom is -0.507 e. The minimum atomic E-state index is -0.700. The number of ether oxygens (including phenoxy) is 1. The summed E-state index contributed by atoms with van der Waals surface area (Å²) in [7, 11) is 0. The molecule has 0 aromatic heterocycles. The first kappa shape index (κ1) is 25.5. The van der Waals surface area contributed by atoms with Crippen molar-refractivity contribution >= 4 is 17.3 Å². The molecule has 37 heavy (non-hydrogen) atoms. The van der Waals surface area contributed by atoms with Crippen LogP contribution in [-0.4, -0.2) is 80.3 Å². The predicted molar refractivity (Wildman–Crippen MR) is 132 cm³/mol. The number of ketones is 3. The van der Waals surface area contributed by atoms with Crippen molar-refractivity contribution in [2.75, 3.05) is 13.1 Å². The number of benzene rings is 2. The van der Waals surface area contributed by atoms with E-state index >= 15 is 0 Å². The molecule has 0 radical (unpaired) electrons. The number of nitrogens with zero attached hydrogens (tertiary/aromatic N) is 1. The molecule has 0 bridgehead atoms. The number of hydrogen-bond donors (Lipinski definition) is 4. The number of aromatic hydroxyl groups is 2. The van der Waals surface area contributed by atoms with Gasteiger partial charge in [-0.05, 0) is 33.1 Å². The van der Waals surface area contributed by atoms with Crippen LogP contribution in [0.3, 0.4) is 0 Å². The topological polar surface area (TPSA) is 144 Å². The summed E-state index contributed by atoms with van der Waals surface area (Å²) in [6.45, 7) is 5.38. The van der Waals surface area contributed by atoms with E-state index in [1.807, 2.05) is 0 Å². The summed E-state index contributed by atoms with van der Waals surface area (Å²) in [6, 6.07) is 6.48. The number of phenols is 2. The lowest BCUT2D eigenvalue weighted by molar-refractivity contribution is -0.208. The van der Waals surface area contributed by atoms with Gasteiger partial charge in [0.1, 0.15) is 17.3 Å². The molecule has 4 aliphatic rings. The van der Waals surface area contributed by atoms with Crippen LogP contribution in [0.25, 0.3) is 0 Å². The first-order chi connectivity index (χ1) is 17.6. The Balaban J connectivity index is 0.000000195. The van der Waals surface area contributed by atoms with Crippen LogP contribution in [0.15, 0.2) is 24.3 Å². The lowest BCUT2D eigenvalue weighted by Crippen LogP contribution is -2.50. The van der Waals surface area contributed by atoms with E-state index in [0.29, 0.717) is 30.4 Å². The van der Waals surface area contributed by atoms with Gasteiger partial charge in [-0.2, -0.15) is 0 Å². The van der Waals surface area contributed by atoms with Crippen LogP contribution in [0.1, 0.15) is 69.7 Å². The Morgan fingerprint density at radius 2 is 1.54 bits per heavy atom. The van der Waals surface area contributed by atoms with Crippen molar-refractivity contribution in [2.24, 2.45) is 5.92 Å². The Morgan fingerprint density at radius 3 is 2.08 bits per heavy atom. The summed E-state index contributed by atoms with van der Waals surface area (Å²) in [5.41, 5.74) is 1.04. The molecule has 0 amide bonds. The maximum absolute atomic E-state index is 12.8. The van der Waals surface area contributed by atoms with Crippen molar-refractivity contribution in [2.45, 2.75) is 64.1 Å². The summed E-state index contributed by atoms with van der Waals surface area (Å²) in [5, 5.41) is 40.4. The van der Waals surface area contributed by atoms with Gasteiger partial charge in [0.15, 0.2) is 17.9 Å². The van der Waals surface area contributed by atoms with Crippen molar-refractivity contribution in [3.63, 3.8) is 0 Å². The van der Waals surface area contributed by atoms with Gasteiger partial charge in [-0.15, -0.1) is 0 Å². The number of phenolic OH excluding ortho intramolecular Hbond substituents is 2. The Bertz CT molecular complexity index is 1280. The number of rotatable bonds is 2. The first-order valence-electron chi connectivity index (χ1n) is 12.6. The quantitative estimate of drug-likeness (QED) is 0.300. The number of aliphatic hydroxyl groups is 2. The van der Waals surface area contributed by atoms with Crippen LogP contribution >= 0.6 is 0 Å². The molecule has 9 heteroatoms. The lowest BCUT2D eigenvalue weighted by Gasteiger charge is -2.36. The Labute approximate surface area is 214 Å². The van der Waals surface area contributed by atoms with E-state index in [1.54, 1.807) is 25.1 Å². The average molecular weight is 510 g/mol. The maximum Gasteiger partial charge on any atom is 0.198 e. The molecule has 5 atom stereocenters. The average Bonchev–Trinajstić information content (AvgIpc) is 3.72. The molecule has 2 saturated heterocycles. The second-order valence-electron chi connectivity index (χ2n) is 10.3. The van der Waals surface area contributed by atoms with Crippen LogP contribution in [0.5, 0.6) is 11.5 Å². The number of aliphatic hydroxyl groups excluding tert-OH is 2. The van der Waals surface area contributed by atoms with E-state index < -0.39 is 24.0 Å². The van der Waals surface area contributed by atoms with Gasteiger partial charge >= 0.3 is 0 Å². The Kier molecular flexibility index (Phi) is 6.66. The van der Waals surface area contributed by atoms with E-state index in [9.17, 15) is 34.8 Å². The highest BCUT2D eigenvalue weighted by molar-refractivity contribution is 6.30. The summed E-state index contributed by atoms with van der Waals surface area (Å²) in [4.78, 5) is 39.5. The second-order valence-corrected chi connectivity index (χ2v) is 10.3. The minimum absolute atomic E-state index is 0.00927. The normalized spacial score (nSPS) is 28.4. The number of hydrogen-bond acceptors (Lipinski definition) is 9. The lowest BCUT2D eigenvalue weighted by atomic mass is 9.75. The number of carbonyl (C=O) groups is 3. The molecule has 2 aromatic rings. The highest BCUT2D eigenvalue weighted by Gasteiger charge is 2.42. The second kappa shape index (κ2) is 9.64.